The molecule has 7 aromatic carbocycles. The molecule has 0 saturated heterocycles. The Bertz CT molecular complexity index is 3560. The maximum atomic E-state index is 6.79. The van der Waals surface area contributed by atoms with Gasteiger partial charge in [-0.1, -0.05) is 146 Å². The summed E-state index contributed by atoms with van der Waals surface area (Å²) in [5.41, 5.74) is 15.9. The number of hydrogen-bond donors (Lipinski definition) is 0. The molecule has 7 heteroatoms. The average Bonchev–Trinajstić information content (AvgIpc) is 4.01. The number of imidazole rings is 1. The van der Waals surface area contributed by atoms with Crippen LogP contribution in [0.15, 0.2) is 161 Å². The fraction of sp³-hybridized carbons (Fsp3) is 0.213. The normalized spacial score (nSPS) is 12.1. The molecule has 0 aliphatic carbocycles. The number of fused-ring (bicyclic) bond motifs is 7. The number of pyridine rings is 1. The zero-order valence-corrected chi connectivity index (χ0v) is 44.0. The average molecular weight is 1080 g/mol. The van der Waals surface area contributed by atoms with Crippen molar-refractivity contribution in [2.24, 2.45) is 0 Å². The summed E-state index contributed by atoms with van der Waals surface area (Å²) in [5.74, 6) is 1.34. The number of benzene rings is 7. The summed E-state index contributed by atoms with van der Waals surface area (Å²) in [5, 5.41) is 5.56. The monoisotopic (exact) mass is 1080 g/mol. The summed E-state index contributed by atoms with van der Waals surface area (Å²) in [6.07, 6.45) is 2.02. The van der Waals surface area contributed by atoms with Crippen LogP contribution in [0.2, 0.25) is 19.6 Å². The van der Waals surface area contributed by atoms with Crippen LogP contribution in [0.25, 0.3) is 94.4 Å². The van der Waals surface area contributed by atoms with Crippen molar-refractivity contribution in [3.05, 3.63) is 181 Å². The third-order valence-electron chi connectivity index (χ3n) is 13.1. The molecular formula is C61H57IrN3O2Si-2. The first kappa shape index (κ1) is 46.7. The second kappa shape index (κ2) is 18.3. The molecule has 0 fully saturated rings. The van der Waals surface area contributed by atoms with E-state index in [1.165, 1.54) is 38.7 Å². The van der Waals surface area contributed by atoms with Crippen molar-refractivity contribution in [2.45, 2.75) is 85.4 Å². The Labute approximate surface area is 414 Å². The molecule has 0 N–H and O–H groups in total. The molecule has 0 unspecified atom stereocenters. The summed E-state index contributed by atoms with van der Waals surface area (Å²) in [4.78, 5) is 9.85. The topological polar surface area (TPSA) is 57.0 Å². The van der Waals surface area contributed by atoms with E-state index in [0.717, 1.165) is 77.6 Å². The van der Waals surface area contributed by atoms with E-state index in [4.69, 9.17) is 13.8 Å². The largest absolute Gasteiger partial charge is 0.501 e. The van der Waals surface area contributed by atoms with E-state index >= 15 is 0 Å². The quantitative estimate of drug-likeness (QED) is 0.118. The van der Waals surface area contributed by atoms with Gasteiger partial charge in [-0.3, -0.25) is 4.98 Å². The van der Waals surface area contributed by atoms with E-state index in [9.17, 15) is 0 Å². The van der Waals surface area contributed by atoms with Gasteiger partial charge in [-0.15, -0.1) is 54.1 Å². The number of para-hydroxylation sites is 3. The van der Waals surface area contributed by atoms with Gasteiger partial charge in [0.25, 0.3) is 0 Å². The van der Waals surface area contributed by atoms with E-state index < -0.39 is 8.07 Å². The van der Waals surface area contributed by atoms with Gasteiger partial charge in [-0.25, -0.2) is 0 Å². The van der Waals surface area contributed by atoms with Gasteiger partial charge in [0.15, 0.2) is 0 Å². The molecule has 5 nitrogen and oxygen atoms in total. The second-order valence-corrected chi connectivity index (χ2v) is 25.6. The molecule has 11 rings (SSSR count). The first-order valence-corrected chi connectivity index (χ1v) is 27.0. The van der Waals surface area contributed by atoms with Crippen LogP contribution in [-0.4, -0.2) is 22.6 Å². The third kappa shape index (κ3) is 8.68. The first-order chi connectivity index (χ1) is 32.1. The van der Waals surface area contributed by atoms with Crippen LogP contribution in [0, 0.1) is 12.1 Å². The van der Waals surface area contributed by atoms with Crippen molar-refractivity contribution in [1.82, 2.24) is 14.5 Å². The molecule has 0 aliphatic rings. The van der Waals surface area contributed by atoms with E-state index in [2.05, 4.69) is 187 Å². The van der Waals surface area contributed by atoms with Gasteiger partial charge in [0.1, 0.15) is 16.7 Å². The van der Waals surface area contributed by atoms with Gasteiger partial charge in [0.05, 0.1) is 30.5 Å². The van der Waals surface area contributed by atoms with Crippen molar-refractivity contribution < 1.29 is 28.9 Å². The molecule has 4 aromatic heterocycles. The Morgan fingerprint density at radius 3 is 1.91 bits per heavy atom. The van der Waals surface area contributed by atoms with Crippen LogP contribution in [0.3, 0.4) is 0 Å². The van der Waals surface area contributed by atoms with Gasteiger partial charge in [-0.05, 0) is 98.4 Å². The van der Waals surface area contributed by atoms with Gasteiger partial charge >= 0.3 is 0 Å². The van der Waals surface area contributed by atoms with E-state index in [1.54, 1.807) is 0 Å². The minimum atomic E-state index is -1.23. The molecule has 68 heavy (non-hydrogen) atoms. The zero-order valence-electron chi connectivity index (χ0n) is 40.6. The van der Waals surface area contributed by atoms with Crippen LogP contribution in [0.5, 0.6) is 0 Å². The minimum Gasteiger partial charge on any atom is -0.501 e. The Kier molecular flexibility index (Phi) is 12.6. The molecular weight excluding hydrogens is 1030 g/mol. The molecule has 4 heterocycles. The van der Waals surface area contributed by atoms with Crippen molar-refractivity contribution in [3.63, 3.8) is 0 Å². The first-order valence-electron chi connectivity index (χ1n) is 23.5. The van der Waals surface area contributed by atoms with Crippen molar-refractivity contribution in [1.29, 1.82) is 0 Å². The Hall–Kier alpha value is -6.37. The van der Waals surface area contributed by atoms with Gasteiger partial charge in [0, 0.05) is 48.1 Å². The number of rotatable bonds is 7. The van der Waals surface area contributed by atoms with Gasteiger partial charge in [0.2, 0.25) is 0 Å². The van der Waals surface area contributed by atoms with Crippen molar-refractivity contribution >= 4 is 68.2 Å². The molecule has 0 saturated carbocycles. The number of nitrogens with zero attached hydrogens (tertiary/aromatic N) is 3. The van der Waals surface area contributed by atoms with Crippen LogP contribution >= 0.6 is 0 Å². The van der Waals surface area contributed by atoms with E-state index in [1.807, 2.05) is 54.7 Å². The van der Waals surface area contributed by atoms with E-state index in [0.29, 0.717) is 0 Å². The van der Waals surface area contributed by atoms with E-state index in [-0.39, 0.29) is 37.4 Å². The maximum absolute atomic E-state index is 6.79. The Morgan fingerprint density at radius 1 is 0.603 bits per heavy atom. The van der Waals surface area contributed by atoms with Crippen molar-refractivity contribution in [3.8, 4) is 39.5 Å². The second-order valence-electron chi connectivity index (χ2n) is 20.5. The predicted molar refractivity (Wildman–Crippen MR) is 284 cm³/mol. The van der Waals surface area contributed by atoms with Gasteiger partial charge < -0.3 is 18.4 Å². The fourth-order valence-corrected chi connectivity index (χ4v) is 10.3. The molecule has 0 bridgehead atoms. The van der Waals surface area contributed by atoms with Crippen LogP contribution in [0.4, 0.5) is 0 Å². The predicted octanol–water partition coefficient (Wildman–Crippen LogP) is 16.6. The van der Waals surface area contributed by atoms with Crippen LogP contribution in [-0.2, 0) is 25.5 Å². The molecule has 0 aliphatic heterocycles. The van der Waals surface area contributed by atoms with Crippen LogP contribution < -0.4 is 5.19 Å². The molecule has 0 amide bonds. The SMILES string of the molecule is CC(C)c1cc(-c2ccc(C(C)(C)C)cc2)cc(C(C)C)c1-n1c(-c2[c-]ccc3c2oc2cc4c(cc23)oc2ccccc24)nc2ccccc21.C[Si](C)(C)c1ccc(-c2[c-]cccc2)nc1.[Ir]. The summed E-state index contributed by atoms with van der Waals surface area (Å²) < 4.78 is 15.4. The summed E-state index contributed by atoms with van der Waals surface area (Å²) >= 11 is 0. The smallest absolute Gasteiger partial charge is 0.136 e. The maximum Gasteiger partial charge on any atom is 0.136 e. The Balaban J connectivity index is 0.000000289. The van der Waals surface area contributed by atoms with Crippen LogP contribution in [0.1, 0.15) is 77.0 Å². The standard InChI is InChI=1S/C47H41N2O2.C14H16NSi.Ir/c1-27(2)35-23-30(29-19-21-31(22-20-29)47(5,6)7)24-36(28(3)4)44(35)49-40-17-10-9-16-39(40)48-46(49)34-15-12-14-33-38-26-42-37(25-43(38)51-45(33)34)32-13-8-11-18-41(32)50-42;1-16(2,3)13-9-10-14(15-11-13)12-7-5-4-6-8-12;/h8-14,16-28H,1-7H3;4-7,9-11H,1-3H3;/q2*-1;. The molecule has 0 spiro atoms. The number of hydrogen-bond acceptors (Lipinski definition) is 4. The fourth-order valence-electron chi connectivity index (χ4n) is 9.24. The molecule has 343 valence electrons. The zero-order chi connectivity index (χ0) is 46.8. The summed E-state index contributed by atoms with van der Waals surface area (Å²) in [6, 6.07) is 57.8. The summed E-state index contributed by atoms with van der Waals surface area (Å²) in [6.45, 7) is 23.0. The third-order valence-corrected chi connectivity index (χ3v) is 15.1. The van der Waals surface area contributed by atoms with Gasteiger partial charge in [-0.2, -0.15) is 0 Å². The molecule has 0 atom stereocenters. The minimum absolute atomic E-state index is 0. The molecule has 11 aromatic rings. The Morgan fingerprint density at radius 2 is 1.26 bits per heavy atom. The summed E-state index contributed by atoms with van der Waals surface area (Å²) in [7, 11) is -1.23. The van der Waals surface area contributed by atoms with Crippen molar-refractivity contribution in [2.75, 3.05) is 0 Å². The molecule has 1 radical (unpaired) electrons. The number of furan rings is 2. The number of aromatic nitrogens is 3.